The molecule has 0 fully saturated rings. The molecule has 0 saturated carbocycles. The largest absolute Gasteiger partial charge is 0.392 e. The second kappa shape index (κ2) is 3.76. The summed E-state index contributed by atoms with van der Waals surface area (Å²) < 4.78 is 0.773. The van der Waals surface area contributed by atoms with E-state index >= 15 is 0 Å². The first-order valence-corrected chi connectivity index (χ1v) is 4.45. The van der Waals surface area contributed by atoms with Crippen LogP contribution in [0.25, 0.3) is 0 Å². The standard InChI is InChI=1S/C7H5BrCl2O/c8-5-1-2-6(9)7(10)4(5)3-11/h1-2,11H,3H2. The van der Waals surface area contributed by atoms with E-state index in [1.54, 1.807) is 12.1 Å². The van der Waals surface area contributed by atoms with Crippen LogP contribution < -0.4 is 0 Å². The van der Waals surface area contributed by atoms with E-state index < -0.39 is 0 Å². The molecule has 0 spiro atoms. The monoisotopic (exact) mass is 254 g/mol. The summed E-state index contributed by atoms with van der Waals surface area (Å²) in [4.78, 5) is 0. The summed E-state index contributed by atoms with van der Waals surface area (Å²) in [6, 6.07) is 3.42. The van der Waals surface area contributed by atoms with Gasteiger partial charge in [0.2, 0.25) is 0 Å². The molecule has 0 heterocycles. The average molecular weight is 256 g/mol. The van der Waals surface area contributed by atoms with Crippen LogP contribution in [0.4, 0.5) is 0 Å². The van der Waals surface area contributed by atoms with Gasteiger partial charge in [-0.25, -0.2) is 0 Å². The third-order valence-corrected chi connectivity index (χ3v) is 2.88. The van der Waals surface area contributed by atoms with Crippen LogP contribution in [0, 0.1) is 0 Å². The van der Waals surface area contributed by atoms with Crippen molar-refractivity contribution < 1.29 is 5.11 Å². The van der Waals surface area contributed by atoms with E-state index in [0.29, 0.717) is 15.6 Å². The van der Waals surface area contributed by atoms with Crippen molar-refractivity contribution in [3.8, 4) is 0 Å². The van der Waals surface area contributed by atoms with Gasteiger partial charge >= 0.3 is 0 Å². The van der Waals surface area contributed by atoms with Crippen molar-refractivity contribution in [2.45, 2.75) is 6.61 Å². The average Bonchev–Trinajstić information content (AvgIpc) is 1.99. The van der Waals surface area contributed by atoms with Gasteiger partial charge in [-0.3, -0.25) is 0 Å². The van der Waals surface area contributed by atoms with Gasteiger partial charge in [-0.05, 0) is 12.1 Å². The summed E-state index contributed by atoms with van der Waals surface area (Å²) in [5.41, 5.74) is 0.624. The summed E-state index contributed by atoms with van der Waals surface area (Å²) in [5, 5.41) is 9.71. The Balaban J connectivity index is 3.29. The van der Waals surface area contributed by atoms with Crippen molar-refractivity contribution in [1.82, 2.24) is 0 Å². The predicted molar refractivity (Wildman–Crippen MR) is 50.1 cm³/mol. The molecule has 0 aliphatic carbocycles. The molecule has 1 aromatic carbocycles. The highest BCUT2D eigenvalue weighted by Crippen LogP contribution is 2.31. The second-order valence-corrected chi connectivity index (χ2v) is 3.62. The highest BCUT2D eigenvalue weighted by Gasteiger charge is 2.06. The maximum Gasteiger partial charge on any atom is 0.0708 e. The van der Waals surface area contributed by atoms with Gasteiger partial charge < -0.3 is 5.11 Å². The number of halogens is 3. The zero-order valence-electron chi connectivity index (χ0n) is 5.44. The van der Waals surface area contributed by atoms with E-state index in [0.717, 1.165) is 4.47 Å². The molecule has 0 aliphatic rings. The van der Waals surface area contributed by atoms with Gasteiger partial charge in [0.25, 0.3) is 0 Å². The van der Waals surface area contributed by atoms with Crippen LogP contribution in [0.3, 0.4) is 0 Å². The summed E-state index contributed by atoms with van der Waals surface area (Å²) in [5.74, 6) is 0. The van der Waals surface area contributed by atoms with Crippen LogP contribution in [0.15, 0.2) is 16.6 Å². The first kappa shape index (κ1) is 9.33. The fourth-order valence-corrected chi connectivity index (χ4v) is 1.69. The molecule has 4 heteroatoms. The number of rotatable bonds is 1. The minimum absolute atomic E-state index is 0.111. The fourth-order valence-electron chi connectivity index (χ4n) is 0.714. The van der Waals surface area contributed by atoms with Crippen LogP contribution in [0.2, 0.25) is 10.0 Å². The van der Waals surface area contributed by atoms with Crippen LogP contribution in [-0.4, -0.2) is 5.11 Å². The highest BCUT2D eigenvalue weighted by molar-refractivity contribution is 9.10. The first-order chi connectivity index (χ1) is 5.16. The van der Waals surface area contributed by atoms with Crippen molar-refractivity contribution >= 4 is 39.1 Å². The van der Waals surface area contributed by atoms with Crippen molar-refractivity contribution in [2.24, 2.45) is 0 Å². The molecule has 1 aromatic rings. The zero-order valence-corrected chi connectivity index (χ0v) is 8.54. The van der Waals surface area contributed by atoms with Crippen LogP contribution >= 0.6 is 39.1 Å². The van der Waals surface area contributed by atoms with Crippen molar-refractivity contribution in [2.75, 3.05) is 0 Å². The number of benzene rings is 1. The second-order valence-electron chi connectivity index (χ2n) is 1.98. The predicted octanol–water partition coefficient (Wildman–Crippen LogP) is 3.25. The molecule has 0 saturated heterocycles. The van der Waals surface area contributed by atoms with E-state index in [9.17, 15) is 0 Å². The van der Waals surface area contributed by atoms with Crippen LogP contribution in [0.5, 0.6) is 0 Å². The topological polar surface area (TPSA) is 20.2 Å². The Kier molecular flexibility index (Phi) is 3.19. The SMILES string of the molecule is OCc1c(Br)ccc(Cl)c1Cl. The molecule has 0 radical (unpaired) electrons. The fraction of sp³-hybridized carbons (Fsp3) is 0.143. The molecular weight excluding hydrogens is 251 g/mol. The van der Waals surface area contributed by atoms with Crippen LogP contribution in [0.1, 0.15) is 5.56 Å². The first-order valence-electron chi connectivity index (χ1n) is 2.90. The summed E-state index contributed by atoms with van der Waals surface area (Å²) in [7, 11) is 0. The van der Waals surface area contributed by atoms with E-state index in [4.69, 9.17) is 28.3 Å². The van der Waals surface area contributed by atoms with Gasteiger partial charge in [-0.1, -0.05) is 39.1 Å². The van der Waals surface area contributed by atoms with Gasteiger partial charge in [0, 0.05) is 10.0 Å². The third kappa shape index (κ3) is 1.88. The lowest BCUT2D eigenvalue weighted by Crippen LogP contribution is -1.87. The number of aliphatic hydroxyl groups excluding tert-OH is 1. The Morgan fingerprint density at radius 1 is 1.36 bits per heavy atom. The van der Waals surface area contributed by atoms with Crippen molar-refractivity contribution in [3.05, 3.63) is 32.2 Å². The Bertz CT molecular complexity index is 275. The lowest BCUT2D eigenvalue weighted by molar-refractivity contribution is 0.281. The molecule has 11 heavy (non-hydrogen) atoms. The van der Waals surface area contributed by atoms with E-state index in [1.165, 1.54) is 0 Å². The Labute approximate surface area is 83.1 Å². The maximum atomic E-state index is 8.85. The molecule has 0 bridgehead atoms. The molecule has 1 nitrogen and oxygen atoms in total. The van der Waals surface area contributed by atoms with Crippen molar-refractivity contribution in [3.63, 3.8) is 0 Å². The third-order valence-electron chi connectivity index (χ3n) is 1.30. The quantitative estimate of drug-likeness (QED) is 0.764. The van der Waals surface area contributed by atoms with Gasteiger partial charge in [0.15, 0.2) is 0 Å². The van der Waals surface area contributed by atoms with E-state index in [-0.39, 0.29) is 6.61 Å². The molecule has 1 rings (SSSR count). The Morgan fingerprint density at radius 2 is 2.00 bits per heavy atom. The molecular formula is C7H5BrCl2O. The van der Waals surface area contributed by atoms with Gasteiger partial charge in [-0.15, -0.1) is 0 Å². The highest BCUT2D eigenvalue weighted by atomic mass is 79.9. The summed E-state index contributed by atoms with van der Waals surface area (Å²) in [6.07, 6.45) is 0. The molecule has 0 amide bonds. The smallest absolute Gasteiger partial charge is 0.0708 e. The Morgan fingerprint density at radius 3 is 2.45 bits per heavy atom. The molecule has 0 aliphatic heterocycles. The van der Waals surface area contributed by atoms with E-state index in [1.807, 2.05) is 0 Å². The number of hydrogen-bond acceptors (Lipinski definition) is 1. The minimum atomic E-state index is -0.111. The maximum absolute atomic E-state index is 8.85. The lowest BCUT2D eigenvalue weighted by Gasteiger charge is -2.04. The molecule has 60 valence electrons. The van der Waals surface area contributed by atoms with Gasteiger partial charge in [-0.2, -0.15) is 0 Å². The molecule has 0 atom stereocenters. The summed E-state index contributed by atoms with van der Waals surface area (Å²) >= 11 is 14.7. The zero-order chi connectivity index (χ0) is 8.43. The van der Waals surface area contributed by atoms with Gasteiger partial charge in [0.1, 0.15) is 0 Å². The number of aliphatic hydroxyl groups is 1. The van der Waals surface area contributed by atoms with E-state index in [2.05, 4.69) is 15.9 Å². The molecule has 1 N–H and O–H groups in total. The van der Waals surface area contributed by atoms with Crippen molar-refractivity contribution in [1.29, 1.82) is 0 Å². The summed E-state index contributed by atoms with van der Waals surface area (Å²) in [6.45, 7) is -0.111. The van der Waals surface area contributed by atoms with Gasteiger partial charge in [0.05, 0.1) is 16.7 Å². The minimum Gasteiger partial charge on any atom is -0.392 e. The normalized spacial score (nSPS) is 10.2. The molecule has 0 unspecified atom stereocenters. The lowest BCUT2D eigenvalue weighted by atomic mass is 10.2. The number of hydrogen-bond donors (Lipinski definition) is 1. The molecule has 0 aromatic heterocycles. The van der Waals surface area contributed by atoms with Crippen LogP contribution in [-0.2, 0) is 6.61 Å². The Hall–Kier alpha value is 0.240.